The van der Waals surface area contributed by atoms with Crippen molar-refractivity contribution in [1.82, 2.24) is 14.5 Å². The number of thioether (sulfide) groups is 1. The van der Waals surface area contributed by atoms with Gasteiger partial charge in [-0.25, -0.2) is 9.97 Å². The zero-order valence-corrected chi connectivity index (χ0v) is 12.6. The van der Waals surface area contributed by atoms with Crippen LogP contribution in [0, 0.1) is 6.92 Å². The Balaban J connectivity index is 2.45. The van der Waals surface area contributed by atoms with Crippen LogP contribution in [0.4, 0.5) is 0 Å². The number of hydrogen-bond acceptors (Lipinski definition) is 4. The molecule has 0 bridgehead atoms. The number of rotatable bonds is 5. The summed E-state index contributed by atoms with van der Waals surface area (Å²) in [7, 11) is 0. The Morgan fingerprint density at radius 2 is 2.15 bits per heavy atom. The first kappa shape index (κ1) is 14.6. The summed E-state index contributed by atoms with van der Waals surface area (Å²) in [5.41, 5.74) is 3.72. The molecule has 0 atom stereocenters. The highest BCUT2D eigenvalue weighted by Gasteiger charge is 2.13. The van der Waals surface area contributed by atoms with Gasteiger partial charge in [-0.05, 0) is 32.9 Å². The number of nitrogens with zero attached hydrogens (tertiary/aromatic N) is 3. The van der Waals surface area contributed by atoms with Gasteiger partial charge in [-0.3, -0.25) is 9.36 Å². The summed E-state index contributed by atoms with van der Waals surface area (Å²) in [5.74, 6) is -0.850. The van der Waals surface area contributed by atoms with Crippen LogP contribution in [0.15, 0.2) is 28.9 Å². The van der Waals surface area contributed by atoms with E-state index in [0.717, 1.165) is 16.9 Å². The molecule has 0 saturated carbocycles. The summed E-state index contributed by atoms with van der Waals surface area (Å²) in [4.78, 5) is 19.7. The minimum Gasteiger partial charge on any atom is -0.481 e. The van der Waals surface area contributed by atoms with E-state index < -0.39 is 5.97 Å². The molecule has 0 amide bonds. The number of imidazole rings is 1. The van der Waals surface area contributed by atoms with Gasteiger partial charge >= 0.3 is 5.97 Å². The molecule has 6 heteroatoms. The highest BCUT2D eigenvalue weighted by atomic mass is 32.2. The van der Waals surface area contributed by atoms with Crippen molar-refractivity contribution in [2.45, 2.75) is 32.5 Å². The Morgan fingerprint density at radius 1 is 1.40 bits per heavy atom. The van der Waals surface area contributed by atoms with Crippen LogP contribution in [0.2, 0.25) is 0 Å². The number of allylic oxidation sites excluding steroid dienone is 2. The van der Waals surface area contributed by atoms with Gasteiger partial charge in [0.1, 0.15) is 5.52 Å². The Hall–Kier alpha value is -1.82. The van der Waals surface area contributed by atoms with Crippen LogP contribution in [0.3, 0.4) is 0 Å². The summed E-state index contributed by atoms with van der Waals surface area (Å²) >= 11 is 1.22. The number of aryl methyl sites for hydroxylation is 1. The minimum absolute atomic E-state index is 0.00285. The lowest BCUT2D eigenvalue weighted by Gasteiger charge is -2.05. The van der Waals surface area contributed by atoms with Crippen LogP contribution in [0.25, 0.3) is 11.2 Å². The van der Waals surface area contributed by atoms with Crippen molar-refractivity contribution in [2.75, 3.05) is 5.75 Å². The molecule has 2 aromatic heterocycles. The van der Waals surface area contributed by atoms with Gasteiger partial charge in [0.2, 0.25) is 0 Å². The molecule has 0 aromatic carbocycles. The fraction of sp³-hybridized carbons (Fsp3) is 0.357. The monoisotopic (exact) mass is 291 g/mol. The number of hydrogen-bond donors (Lipinski definition) is 1. The third-order valence-electron chi connectivity index (χ3n) is 2.70. The highest BCUT2D eigenvalue weighted by Crippen LogP contribution is 2.23. The van der Waals surface area contributed by atoms with Crippen LogP contribution < -0.4 is 0 Å². The van der Waals surface area contributed by atoms with Crippen molar-refractivity contribution in [3.8, 4) is 0 Å². The lowest BCUT2D eigenvalue weighted by atomic mass is 10.3. The summed E-state index contributed by atoms with van der Waals surface area (Å²) in [5, 5.41) is 9.51. The smallest absolute Gasteiger partial charge is 0.313 e. The third-order valence-corrected chi connectivity index (χ3v) is 3.66. The molecule has 2 rings (SSSR count). The van der Waals surface area contributed by atoms with Crippen LogP contribution in [0.1, 0.15) is 19.5 Å². The first-order valence-corrected chi connectivity index (χ1v) is 7.28. The van der Waals surface area contributed by atoms with Crippen molar-refractivity contribution in [3.05, 3.63) is 29.5 Å². The number of carboxylic acids is 1. The summed E-state index contributed by atoms with van der Waals surface area (Å²) in [6, 6.07) is 3.83. The van der Waals surface area contributed by atoms with Gasteiger partial charge in [-0.1, -0.05) is 23.4 Å². The molecule has 0 aliphatic carbocycles. The zero-order chi connectivity index (χ0) is 14.7. The topological polar surface area (TPSA) is 68.0 Å². The quantitative estimate of drug-likeness (QED) is 0.677. The van der Waals surface area contributed by atoms with Crippen LogP contribution in [-0.4, -0.2) is 31.4 Å². The number of aromatic nitrogens is 3. The number of aliphatic carboxylic acids is 1. The third kappa shape index (κ3) is 3.39. The van der Waals surface area contributed by atoms with E-state index in [4.69, 9.17) is 5.11 Å². The van der Waals surface area contributed by atoms with Crippen molar-refractivity contribution >= 4 is 28.9 Å². The van der Waals surface area contributed by atoms with Crippen molar-refractivity contribution in [1.29, 1.82) is 0 Å². The van der Waals surface area contributed by atoms with Gasteiger partial charge in [-0.15, -0.1) is 0 Å². The van der Waals surface area contributed by atoms with Crippen LogP contribution >= 0.6 is 11.8 Å². The van der Waals surface area contributed by atoms with E-state index in [2.05, 4.69) is 16.0 Å². The molecule has 0 aliphatic heterocycles. The summed E-state index contributed by atoms with van der Waals surface area (Å²) < 4.78 is 1.96. The second-order valence-electron chi connectivity index (χ2n) is 4.76. The van der Waals surface area contributed by atoms with E-state index in [0.29, 0.717) is 11.7 Å². The number of carboxylic acid groups (broad SMARTS) is 1. The standard InChI is InChI=1S/C14H17N3O2S/c1-9(2)6-7-17-13-11(5-4-10(3)15-13)16-14(17)20-8-12(18)19/h4-6H,7-8H2,1-3H3,(H,18,19). The molecule has 0 saturated heterocycles. The first-order valence-electron chi connectivity index (χ1n) is 6.29. The molecule has 0 aliphatic rings. The number of pyridine rings is 1. The average Bonchev–Trinajstić information content (AvgIpc) is 2.71. The van der Waals surface area contributed by atoms with Crippen LogP contribution in [-0.2, 0) is 11.3 Å². The Bertz CT molecular complexity index is 672. The molecule has 2 aromatic rings. The van der Waals surface area contributed by atoms with Gasteiger partial charge in [0.15, 0.2) is 10.8 Å². The molecule has 5 nitrogen and oxygen atoms in total. The van der Waals surface area contributed by atoms with Gasteiger partial charge in [0.05, 0.1) is 5.75 Å². The minimum atomic E-state index is -0.847. The molecule has 2 heterocycles. The first-order chi connectivity index (χ1) is 9.47. The van der Waals surface area contributed by atoms with Gasteiger partial charge in [-0.2, -0.15) is 0 Å². The van der Waals surface area contributed by atoms with E-state index in [-0.39, 0.29) is 5.75 Å². The van der Waals surface area contributed by atoms with Gasteiger partial charge in [0.25, 0.3) is 0 Å². The van der Waals surface area contributed by atoms with E-state index in [1.165, 1.54) is 17.3 Å². The maximum Gasteiger partial charge on any atom is 0.313 e. The lowest BCUT2D eigenvalue weighted by Crippen LogP contribution is -2.03. The molecule has 0 spiro atoms. The normalized spacial score (nSPS) is 10.8. The molecule has 106 valence electrons. The van der Waals surface area contributed by atoms with Crippen molar-refractivity contribution < 1.29 is 9.90 Å². The van der Waals surface area contributed by atoms with Gasteiger partial charge < -0.3 is 5.11 Å². The molecule has 20 heavy (non-hydrogen) atoms. The van der Waals surface area contributed by atoms with Gasteiger partial charge in [0, 0.05) is 12.2 Å². The average molecular weight is 291 g/mol. The molecule has 1 N–H and O–H groups in total. The van der Waals surface area contributed by atoms with E-state index >= 15 is 0 Å². The molecule has 0 radical (unpaired) electrons. The zero-order valence-electron chi connectivity index (χ0n) is 11.8. The Kier molecular flexibility index (Phi) is 4.44. The number of fused-ring (bicyclic) bond motifs is 1. The van der Waals surface area contributed by atoms with Crippen molar-refractivity contribution in [2.24, 2.45) is 0 Å². The van der Waals surface area contributed by atoms with Crippen molar-refractivity contribution in [3.63, 3.8) is 0 Å². The maximum absolute atomic E-state index is 10.7. The van der Waals surface area contributed by atoms with E-state index in [1.807, 2.05) is 37.5 Å². The highest BCUT2D eigenvalue weighted by molar-refractivity contribution is 7.99. The fourth-order valence-electron chi connectivity index (χ4n) is 1.75. The maximum atomic E-state index is 10.7. The van der Waals surface area contributed by atoms with E-state index in [9.17, 15) is 4.79 Å². The largest absolute Gasteiger partial charge is 0.481 e. The lowest BCUT2D eigenvalue weighted by molar-refractivity contribution is -0.133. The molecular formula is C14H17N3O2S. The SMILES string of the molecule is CC(C)=CCn1c(SCC(=O)O)nc2ccc(C)nc21. The predicted octanol–water partition coefficient (Wildman–Crippen LogP) is 2.88. The second-order valence-corrected chi connectivity index (χ2v) is 5.71. The van der Waals surface area contributed by atoms with Crippen LogP contribution in [0.5, 0.6) is 0 Å². The summed E-state index contributed by atoms with van der Waals surface area (Å²) in [6.07, 6.45) is 2.08. The molecular weight excluding hydrogens is 274 g/mol. The summed E-state index contributed by atoms with van der Waals surface area (Å²) in [6.45, 7) is 6.64. The predicted molar refractivity (Wildman–Crippen MR) is 80.1 cm³/mol. The van der Waals surface area contributed by atoms with E-state index in [1.54, 1.807) is 0 Å². The fourth-order valence-corrected chi connectivity index (χ4v) is 2.48. The molecule has 0 unspecified atom stereocenters. The Labute approximate surface area is 121 Å². The second kappa shape index (κ2) is 6.09. The number of carbonyl (C=O) groups is 1. The molecule has 0 fully saturated rings. The Morgan fingerprint density at radius 3 is 2.80 bits per heavy atom.